The van der Waals surface area contributed by atoms with Gasteiger partial charge in [-0.1, -0.05) is 6.07 Å². The van der Waals surface area contributed by atoms with Gasteiger partial charge in [-0.05, 0) is 43.7 Å². The summed E-state index contributed by atoms with van der Waals surface area (Å²) < 4.78 is 16.1. The molecular weight excluding hydrogens is 366 g/mol. The van der Waals surface area contributed by atoms with Crippen molar-refractivity contribution in [3.63, 3.8) is 0 Å². The maximum Gasteiger partial charge on any atom is 0.339 e. The maximum atomic E-state index is 12.4. The fourth-order valence-electron chi connectivity index (χ4n) is 2.47. The Morgan fingerprint density at radius 1 is 1.18 bits per heavy atom. The molecule has 0 aliphatic carbocycles. The van der Waals surface area contributed by atoms with Gasteiger partial charge in [-0.2, -0.15) is 0 Å². The SMILES string of the molecule is COc1cc(C(=O)O[C@@H](C)c2nnc(-c3ccc([N+](=O)[O-])cc3)o2)ccc1C. The molecule has 144 valence electrons. The summed E-state index contributed by atoms with van der Waals surface area (Å²) in [6.07, 6.45) is -0.779. The van der Waals surface area contributed by atoms with Crippen molar-refractivity contribution in [2.45, 2.75) is 20.0 Å². The number of nitro groups is 1. The van der Waals surface area contributed by atoms with Crippen LogP contribution in [0, 0.1) is 17.0 Å². The molecule has 0 aliphatic heterocycles. The second-order valence-electron chi connectivity index (χ2n) is 5.98. The molecule has 9 heteroatoms. The van der Waals surface area contributed by atoms with Gasteiger partial charge >= 0.3 is 5.97 Å². The fourth-order valence-corrected chi connectivity index (χ4v) is 2.47. The number of nitro benzene ring substituents is 1. The molecule has 1 atom stereocenters. The number of aromatic nitrogens is 2. The van der Waals surface area contributed by atoms with Crippen LogP contribution in [0.15, 0.2) is 46.9 Å². The predicted octanol–water partition coefficient (Wildman–Crippen LogP) is 3.88. The Morgan fingerprint density at radius 2 is 1.89 bits per heavy atom. The number of carbonyl (C=O) groups excluding carboxylic acids is 1. The highest BCUT2D eigenvalue weighted by atomic mass is 16.6. The Balaban J connectivity index is 1.72. The van der Waals surface area contributed by atoms with Crippen molar-refractivity contribution in [3.8, 4) is 17.2 Å². The number of carbonyl (C=O) groups is 1. The minimum Gasteiger partial charge on any atom is -0.496 e. The molecular formula is C19H17N3O6. The van der Waals surface area contributed by atoms with Gasteiger partial charge in [-0.3, -0.25) is 10.1 Å². The first kappa shape index (κ1) is 19.0. The summed E-state index contributed by atoms with van der Waals surface area (Å²) in [4.78, 5) is 22.6. The Bertz CT molecular complexity index is 1010. The van der Waals surface area contributed by atoms with Gasteiger partial charge in [0.15, 0.2) is 6.10 Å². The van der Waals surface area contributed by atoms with Crippen molar-refractivity contribution in [2.75, 3.05) is 7.11 Å². The highest BCUT2D eigenvalue weighted by Crippen LogP contribution is 2.26. The van der Waals surface area contributed by atoms with E-state index in [9.17, 15) is 14.9 Å². The van der Waals surface area contributed by atoms with Crippen molar-refractivity contribution in [3.05, 3.63) is 69.6 Å². The van der Waals surface area contributed by atoms with Crippen LogP contribution in [0.5, 0.6) is 5.75 Å². The number of ether oxygens (including phenoxy) is 2. The van der Waals surface area contributed by atoms with E-state index in [2.05, 4.69) is 10.2 Å². The standard InChI is InChI=1S/C19H17N3O6/c1-11-4-5-14(10-16(11)26-3)19(23)27-12(2)17-20-21-18(28-17)13-6-8-15(9-7-13)22(24)25/h4-10,12H,1-3H3/t12-/m0/s1. The zero-order chi connectivity index (χ0) is 20.3. The first-order valence-electron chi connectivity index (χ1n) is 8.33. The summed E-state index contributed by atoms with van der Waals surface area (Å²) in [5.74, 6) is 0.312. The van der Waals surface area contributed by atoms with Crippen LogP contribution in [0.25, 0.3) is 11.5 Å². The van der Waals surface area contributed by atoms with Gasteiger partial charge in [0.05, 0.1) is 17.6 Å². The van der Waals surface area contributed by atoms with Crippen molar-refractivity contribution < 1.29 is 23.6 Å². The van der Waals surface area contributed by atoms with E-state index in [1.807, 2.05) is 6.92 Å². The Hall–Kier alpha value is -3.75. The smallest absolute Gasteiger partial charge is 0.339 e. The second kappa shape index (κ2) is 7.87. The summed E-state index contributed by atoms with van der Waals surface area (Å²) in [5.41, 5.74) is 1.71. The number of hydrogen-bond donors (Lipinski definition) is 0. The van der Waals surface area contributed by atoms with Crippen molar-refractivity contribution in [1.29, 1.82) is 0 Å². The molecule has 9 nitrogen and oxygen atoms in total. The highest BCUT2D eigenvalue weighted by Gasteiger charge is 2.21. The third kappa shape index (κ3) is 3.98. The molecule has 0 unspecified atom stereocenters. The van der Waals surface area contributed by atoms with Gasteiger partial charge in [0, 0.05) is 17.7 Å². The van der Waals surface area contributed by atoms with Crippen LogP contribution in [0.2, 0.25) is 0 Å². The number of benzene rings is 2. The molecule has 3 aromatic rings. The third-order valence-electron chi connectivity index (χ3n) is 4.04. The van der Waals surface area contributed by atoms with E-state index in [1.54, 1.807) is 25.1 Å². The lowest BCUT2D eigenvalue weighted by atomic mass is 10.1. The van der Waals surface area contributed by atoms with Crippen LogP contribution in [0.4, 0.5) is 5.69 Å². The lowest BCUT2D eigenvalue weighted by molar-refractivity contribution is -0.384. The third-order valence-corrected chi connectivity index (χ3v) is 4.04. The number of non-ortho nitro benzene ring substituents is 1. The topological polar surface area (TPSA) is 118 Å². The molecule has 3 rings (SSSR count). The molecule has 0 bridgehead atoms. The predicted molar refractivity (Wildman–Crippen MR) is 97.9 cm³/mol. The first-order valence-corrected chi connectivity index (χ1v) is 8.33. The van der Waals surface area contributed by atoms with E-state index in [0.29, 0.717) is 16.9 Å². The molecule has 28 heavy (non-hydrogen) atoms. The van der Waals surface area contributed by atoms with E-state index in [1.165, 1.54) is 31.4 Å². The monoisotopic (exact) mass is 383 g/mol. The maximum absolute atomic E-state index is 12.4. The summed E-state index contributed by atoms with van der Waals surface area (Å²) in [7, 11) is 1.53. The molecule has 0 spiro atoms. The van der Waals surface area contributed by atoms with Gasteiger partial charge in [0.25, 0.3) is 11.6 Å². The molecule has 0 amide bonds. The molecule has 0 radical (unpaired) electrons. The molecule has 1 heterocycles. The van der Waals surface area contributed by atoms with E-state index in [4.69, 9.17) is 13.9 Å². The summed E-state index contributed by atoms with van der Waals surface area (Å²) in [6.45, 7) is 3.48. The minimum atomic E-state index is -0.779. The van der Waals surface area contributed by atoms with Gasteiger partial charge < -0.3 is 13.9 Å². The number of nitrogens with zero attached hydrogens (tertiary/aromatic N) is 3. The zero-order valence-corrected chi connectivity index (χ0v) is 15.4. The lowest BCUT2D eigenvalue weighted by Gasteiger charge is -2.11. The summed E-state index contributed by atoms with van der Waals surface area (Å²) in [6, 6.07) is 10.7. The zero-order valence-electron chi connectivity index (χ0n) is 15.4. The average Bonchev–Trinajstić information content (AvgIpc) is 3.18. The quantitative estimate of drug-likeness (QED) is 0.357. The van der Waals surface area contributed by atoms with Crippen molar-refractivity contribution >= 4 is 11.7 Å². The van der Waals surface area contributed by atoms with Crippen LogP contribution in [0.1, 0.15) is 34.8 Å². The lowest BCUT2D eigenvalue weighted by Crippen LogP contribution is -2.10. The number of aryl methyl sites for hydroxylation is 1. The largest absolute Gasteiger partial charge is 0.496 e. The summed E-state index contributed by atoms with van der Waals surface area (Å²) in [5, 5.41) is 18.5. The fraction of sp³-hybridized carbons (Fsp3) is 0.211. The summed E-state index contributed by atoms with van der Waals surface area (Å²) >= 11 is 0. The molecule has 1 aromatic heterocycles. The van der Waals surface area contributed by atoms with E-state index in [0.717, 1.165) is 5.56 Å². The van der Waals surface area contributed by atoms with Crippen LogP contribution in [-0.2, 0) is 4.74 Å². The number of hydrogen-bond acceptors (Lipinski definition) is 8. The van der Waals surface area contributed by atoms with E-state index >= 15 is 0 Å². The number of methoxy groups -OCH3 is 1. The van der Waals surface area contributed by atoms with E-state index in [-0.39, 0.29) is 17.5 Å². The van der Waals surface area contributed by atoms with Gasteiger partial charge in [-0.15, -0.1) is 10.2 Å². The van der Waals surface area contributed by atoms with Crippen LogP contribution < -0.4 is 4.74 Å². The second-order valence-corrected chi connectivity index (χ2v) is 5.98. The average molecular weight is 383 g/mol. The normalized spacial score (nSPS) is 11.7. The van der Waals surface area contributed by atoms with Gasteiger partial charge in [0.2, 0.25) is 5.89 Å². The van der Waals surface area contributed by atoms with Crippen molar-refractivity contribution in [2.24, 2.45) is 0 Å². The Labute approximate surface area is 160 Å². The molecule has 2 aromatic carbocycles. The Kier molecular flexibility index (Phi) is 5.35. The molecule has 0 saturated carbocycles. The number of esters is 1. The van der Waals surface area contributed by atoms with Crippen LogP contribution in [0.3, 0.4) is 0 Å². The van der Waals surface area contributed by atoms with Crippen molar-refractivity contribution in [1.82, 2.24) is 10.2 Å². The number of rotatable bonds is 6. The minimum absolute atomic E-state index is 0.0423. The highest BCUT2D eigenvalue weighted by molar-refractivity contribution is 5.90. The molecule has 0 aliphatic rings. The molecule has 0 saturated heterocycles. The van der Waals surface area contributed by atoms with Gasteiger partial charge in [0.1, 0.15) is 5.75 Å². The van der Waals surface area contributed by atoms with E-state index < -0.39 is 17.0 Å². The first-order chi connectivity index (χ1) is 13.4. The molecule has 0 N–H and O–H groups in total. The van der Waals surface area contributed by atoms with Crippen LogP contribution >= 0.6 is 0 Å². The van der Waals surface area contributed by atoms with Gasteiger partial charge in [-0.25, -0.2) is 4.79 Å². The Morgan fingerprint density at radius 3 is 2.54 bits per heavy atom. The van der Waals surface area contributed by atoms with Crippen LogP contribution in [-0.4, -0.2) is 28.2 Å². The molecule has 0 fully saturated rings.